The van der Waals surface area contributed by atoms with Crippen molar-refractivity contribution in [3.8, 4) is 5.75 Å². The summed E-state index contributed by atoms with van der Waals surface area (Å²) in [5.74, 6) is -2.02. The molecule has 7 nitrogen and oxygen atoms in total. The summed E-state index contributed by atoms with van der Waals surface area (Å²) < 4.78 is 45.7. The molecule has 25 heavy (non-hydrogen) atoms. The number of halogens is 3. The number of carboxylic acid groups (broad SMARTS) is 1. The molecule has 0 bridgehead atoms. The van der Waals surface area contributed by atoms with E-state index in [-0.39, 0.29) is 25.4 Å². The van der Waals surface area contributed by atoms with Gasteiger partial charge in [-0.15, -0.1) is 13.2 Å². The predicted octanol–water partition coefficient (Wildman–Crippen LogP) is 1.99. The number of nitrogens with zero attached hydrogens (tertiary/aromatic N) is 1. The third-order valence-corrected chi connectivity index (χ3v) is 3.69. The van der Waals surface area contributed by atoms with Crippen LogP contribution in [0.25, 0.3) is 10.9 Å². The van der Waals surface area contributed by atoms with Crippen molar-refractivity contribution < 1.29 is 37.3 Å². The van der Waals surface area contributed by atoms with Gasteiger partial charge in [0.2, 0.25) is 0 Å². The first-order valence-corrected chi connectivity index (χ1v) is 7.25. The van der Waals surface area contributed by atoms with Gasteiger partial charge in [0.25, 0.3) is 5.91 Å². The summed E-state index contributed by atoms with van der Waals surface area (Å²) in [5.41, 5.74) is 0.443. The second-order valence-electron chi connectivity index (χ2n) is 5.43. The van der Waals surface area contributed by atoms with Crippen LogP contribution in [0, 0.1) is 0 Å². The molecule has 1 aromatic carbocycles. The quantitative estimate of drug-likeness (QED) is 0.876. The highest BCUT2D eigenvalue weighted by Gasteiger charge is 2.32. The van der Waals surface area contributed by atoms with Crippen LogP contribution in [0.3, 0.4) is 0 Å². The smallest absolute Gasteiger partial charge is 0.479 e. The molecular formula is C15H13F3N2O5. The lowest BCUT2D eigenvalue weighted by Gasteiger charge is -2.30. The van der Waals surface area contributed by atoms with Gasteiger partial charge in [-0.05, 0) is 18.2 Å². The van der Waals surface area contributed by atoms with Crippen LogP contribution in [0.4, 0.5) is 13.2 Å². The number of hydrogen-bond donors (Lipinski definition) is 2. The minimum absolute atomic E-state index is 0.0898. The Hall–Kier alpha value is -2.75. The molecule has 0 aliphatic carbocycles. The molecule has 2 aromatic rings. The van der Waals surface area contributed by atoms with Gasteiger partial charge in [-0.25, -0.2) is 4.79 Å². The minimum atomic E-state index is -4.81. The fourth-order valence-electron chi connectivity index (χ4n) is 2.57. The lowest BCUT2D eigenvalue weighted by molar-refractivity contribution is -0.274. The number of amides is 1. The Morgan fingerprint density at radius 3 is 2.76 bits per heavy atom. The van der Waals surface area contributed by atoms with E-state index in [2.05, 4.69) is 9.72 Å². The number of benzene rings is 1. The highest BCUT2D eigenvalue weighted by Crippen LogP contribution is 2.27. The third kappa shape index (κ3) is 3.85. The molecule has 3 rings (SSSR count). The maximum absolute atomic E-state index is 12.5. The van der Waals surface area contributed by atoms with Crippen molar-refractivity contribution in [1.82, 2.24) is 9.88 Å². The SMILES string of the molecule is O=C(O)C1CN(C(=O)c2cc3ccc(OC(F)(F)F)cc3[nH]2)CCO1. The van der Waals surface area contributed by atoms with Crippen LogP contribution in [-0.4, -0.2) is 59.0 Å². The van der Waals surface area contributed by atoms with E-state index in [4.69, 9.17) is 9.84 Å². The number of carbonyl (C=O) groups is 2. The van der Waals surface area contributed by atoms with E-state index >= 15 is 0 Å². The van der Waals surface area contributed by atoms with Gasteiger partial charge >= 0.3 is 12.3 Å². The van der Waals surface area contributed by atoms with E-state index in [0.717, 1.165) is 12.1 Å². The van der Waals surface area contributed by atoms with E-state index in [1.54, 1.807) is 0 Å². The van der Waals surface area contributed by atoms with Crippen molar-refractivity contribution in [2.24, 2.45) is 0 Å². The first-order chi connectivity index (χ1) is 11.7. The Bertz CT molecular complexity index is 817. The Morgan fingerprint density at radius 1 is 1.32 bits per heavy atom. The highest BCUT2D eigenvalue weighted by atomic mass is 19.4. The van der Waals surface area contributed by atoms with Crippen LogP contribution in [0.15, 0.2) is 24.3 Å². The van der Waals surface area contributed by atoms with Crippen molar-refractivity contribution in [2.75, 3.05) is 19.7 Å². The predicted molar refractivity (Wildman–Crippen MR) is 78.3 cm³/mol. The summed E-state index contributed by atoms with van der Waals surface area (Å²) in [6.45, 7) is 0.207. The lowest BCUT2D eigenvalue weighted by Crippen LogP contribution is -2.48. The van der Waals surface area contributed by atoms with E-state index < -0.39 is 30.1 Å². The summed E-state index contributed by atoms with van der Waals surface area (Å²) in [7, 11) is 0. The van der Waals surface area contributed by atoms with Crippen LogP contribution >= 0.6 is 0 Å². The molecule has 1 atom stereocenters. The number of nitrogens with one attached hydrogen (secondary N) is 1. The van der Waals surface area contributed by atoms with E-state index in [1.165, 1.54) is 17.0 Å². The maximum Gasteiger partial charge on any atom is 0.573 e. The number of carboxylic acids is 1. The normalized spacial score (nSPS) is 18.4. The molecule has 10 heteroatoms. The van der Waals surface area contributed by atoms with Crippen molar-refractivity contribution in [2.45, 2.75) is 12.5 Å². The molecule has 0 spiro atoms. The van der Waals surface area contributed by atoms with Gasteiger partial charge in [-0.2, -0.15) is 0 Å². The largest absolute Gasteiger partial charge is 0.573 e. The fourth-order valence-corrected chi connectivity index (χ4v) is 2.57. The molecule has 0 radical (unpaired) electrons. The molecule has 0 saturated carbocycles. The lowest BCUT2D eigenvalue weighted by atomic mass is 10.2. The molecule has 1 aliphatic rings. The maximum atomic E-state index is 12.5. The van der Waals surface area contributed by atoms with Crippen LogP contribution in [0.5, 0.6) is 5.75 Å². The van der Waals surface area contributed by atoms with Crippen LogP contribution in [-0.2, 0) is 9.53 Å². The Kier molecular flexibility index (Phi) is 4.29. The van der Waals surface area contributed by atoms with Gasteiger partial charge < -0.3 is 24.5 Å². The van der Waals surface area contributed by atoms with Gasteiger partial charge in [0.15, 0.2) is 6.10 Å². The van der Waals surface area contributed by atoms with Crippen molar-refractivity contribution in [3.05, 3.63) is 30.0 Å². The number of rotatable bonds is 3. The number of ether oxygens (including phenoxy) is 2. The minimum Gasteiger partial charge on any atom is -0.479 e. The van der Waals surface area contributed by atoms with Gasteiger partial charge in [0.1, 0.15) is 11.4 Å². The van der Waals surface area contributed by atoms with Gasteiger partial charge in [0.05, 0.1) is 13.2 Å². The monoisotopic (exact) mass is 358 g/mol. The third-order valence-electron chi connectivity index (χ3n) is 3.69. The van der Waals surface area contributed by atoms with Crippen molar-refractivity contribution >= 4 is 22.8 Å². The number of aliphatic carboxylic acids is 1. The molecular weight excluding hydrogens is 345 g/mol. The number of carbonyl (C=O) groups excluding carboxylic acids is 1. The number of fused-ring (bicyclic) bond motifs is 1. The average molecular weight is 358 g/mol. The van der Waals surface area contributed by atoms with E-state index in [0.29, 0.717) is 10.9 Å². The molecule has 2 heterocycles. The Balaban J connectivity index is 1.81. The van der Waals surface area contributed by atoms with Gasteiger partial charge in [-0.1, -0.05) is 0 Å². The summed E-state index contributed by atoms with van der Waals surface area (Å²) in [5, 5.41) is 9.50. The number of hydrogen-bond acceptors (Lipinski definition) is 4. The second kappa shape index (κ2) is 6.28. The molecule has 1 saturated heterocycles. The zero-order valence-electron chi connectivity index (χ0n) is 12.7. The molecule has 1 fully saturated rings. The molecule has 1 amide bonds. The summed E-state index contributed by atoms with van der Waals surface area (Å²) in [4.78, 5) is 27.5. The van der Waals surface area contributed by atoms with Crippen LogP contribution < -0.4 is 4.74 Å². The molecule has 1 aliphatic heterocycles. The van der Waals surface area contributed by atoms with Gasteiger partial charge in [-0.3, -0.25) is 4.79 Å². The summed E-state index contributed by atoms with van der Waals surface area (Å²) >= 11 is 0. The fraction of sp³-hybridized carbons (Fsp3) is 0.333. The summed E-state index contributed by atoms with van der Waals surface area (Å²) in [6, 6.07) is 5.16. The second-order valence-corrected chi connectivity index (χ2v) is 5.43. The number of alkyl halides is 3. The Labute approximate surface area is 138 Å². The first-order valence-electron chi connectivity index (χ1n) is 7.25. The number of morpholine rings is 1. The molecule has 1 aromatic heterocycles. The summed E-state index contributed by atoms with van der Waals surface area (Å²) in [6.07, 6.45) is -5.91. The topological polar surface area (TPSA) is 91.9 Å². The molecule has 134 valence electrons. The standard InChI is InChI=1S/C15H13F3N2O5/c16-15(17,18)25-9-2-1-8-5-11(19-10(8)6-9)13(21)20-3-4-24-12(7-20)14(22)23/h1-2,5-6,12,19H,3-4,7H2,(H,22,23). The van der Waals surface area contributed by atoms with Crippen LogP contribution in [0.2, 0.25) is 0 Å². The Morgan fingerprint density at radius 2 is 2.08 bits per heavy atom. The molecule has 2 N–H and O–H groups in total. The molecule has 1 unspecified atom stereocenters. The zero-order valence-corrected chi connectivity index (χ0v) is 12.7. The number of aromatic nitrogens is 1. The number of H-pyrrole nitrogens is 1. The highest BCUT2D eigenvalue weighted by molar-refractivity contribution is 5.98. The number of aromatic amines is 1. The van der Waals surface area contributed by atoms with Gasteiger partial charge in [0, 0.05) is 23.5 Å². The first kappa shape index (κ1) is 17.1. The van der Waals surface area contributed by atoms with Crippen molar-refractivity contribution in [1.29, 1.82) is 0 Å². The van der Waals surface area contributed by atoms with Crippen molar-refractivity contribution in [3.63, 3.8) is 0 Å². The van der Waals surface area contributed by atoms with E-state index in [9.17, 15) is 22.8 Å². The van der Waals surface area contributed by atoms with E-state index in [1.807, 2.05) is 0 Å². The zero-order chi connectivity index (χ0) is 18.2. The van der Waals surface area contributed by atoms with Crippen LogP contribution in [0.1, 0.15) is 10.5 Å². The average Bonchev–Trinajstić information content (AvgIpc) is 2.96.